The Balaban J connectivity index is 0.00000243. The summed E-state index contributed by atoms with van der Waals surface area (Å²) in [7, 11) is 0. The summed E-state index contributed by atoms with van der Waals surface area (Å²) in [5, 5.41) is 4.15. The van der Waals surface area contributed by atoms with Gasteiger partial charge in [0.05, 0.1) is 12.2 Å². The molecule has 2 heterocycles. The third-order valence-electron chi connectivity index (χ3n) is 3.72. The zero-order chi connectivity index (χ0) is 17.5. The van der Waals surface area contributed by atoms with Gasteiger partial charge in [0.15, 0.2) is 5.96 Å². The van der Waals surface area contributed by atoms with Gasteiger partial charge in [0.2, 0.25) is 0 Å². The van der Waals surface area contributed by atoms with Crippen LogP contribution in [-0.4, -0.2) is 22.5 Å². The first-order valence-electron chi connectivity index (χ1n) is 8.18. The zero-order valence-electron chi connectivity index (χ0n) is 14.6. The fourth-order valence-electron chi connectivity index (χ4n) is 2.36. The molecule has 3 N–H and O–H groups in total. The van der Waals surface area contributed by atoms with Crippen molar-refractivity contribution in [1.29, 1.82) is 0 Å². The molecule has 0 saturated carbocycles. The average Bonchev–Trinajstić information content (AvgIpc) is 3.02. The second-order valence-electron chi connectivity index (χ2n) is 5.59. The Labute approximate surface area is 174 Å². The molecule has 0 bridgehead atoms. The summed E-state index contributed by atoms with van der Waals surface area (Å²) in [5.41, 5.74) is 9.13. The van der Waals surface area contributed by atoms with Crippen LogP contribution < -0.4 is 11.1 Å². The van der Waals surface area contributed by atoms with Crippen molar-refractivity contribution in [3.05, 3.63) is 71.0 Å². The summed E-state index contributed by atoms with van der Waals surface area (Å²) < 4.78 is 0. The molecule has 0 saturated heterocycles. The van der Waals surface area contributed by atoms with E-state index in [1.54, 1.807) is 17.5 Å². The molecule has 3 rings (SSSR count). The molecule has 0 spiro atoms. The molecule has 0 unspecified atom stereocenters. The third kappa shape index (κ3) is 5.77. The second kappa shape index (κ2) is 10.2. The minimum absolute atomic E-state index is 0. The number of guanidine groups is 1. The Bertz CT molecular complexity index is 834. The summed E-state index contributed by atoms with van der Waals surface area (Å²) in [5.74, 6) is 0.449. The van der Waals surface area contributed by atoms with Crippen LogP contribution in [0.1, 0.15) is 16.3 Å². The van der Waals surface area contributed by atoms with E-state index >= 15 is 0 Å². The predicted molar refractivity (Wildman–Crippen MR) is 119 cm³/mol. The molecule has 136 valence electrons. The highest BCUT2D eigenvalue weighted by Crippen LogP contribution is 2.28. The Kier molecular flexibility index (Phi) is 7.99. The van der Waals surface area contributed by atoms with E-state index in [-0.39, 0.29) is 24.0 Å². The third-order valence-corrected chi connectivity index (χ3v) is 4.91. The predicted octanol–water partition coefficient (Wildman–Crippen LogP) is 3.78. The fraction of sp³-hybridized carbons (Fsp3) is 0.211. The van der Waals surface area contributed by atoms with Gasteiger partial charge in [-0.3, -0.25) is 4.98 Å². The quantitative estimate of drug-likeness (QED) is 0.321. The smallest absolute Gasteiger partial charge is 0.188 e. The van der Waals surface area contributed by atoms with Crippen molar-refractivity contribution in [2.45, 2.75) is 19.9 Å². The Morgan fingerprint density at radius 2 is 1.92 bits per heavy atom. The number of nitrogens with two attached hydrogens (primary N) is 1. The molecular formula is C19H22IN5S. The van der Waals surface area contributed by atoms with Crippen LogP contribution in [0.5, 0.6) is 0 Å². The van der Waals surface area contributed by atoms with Gasteiger partial charge in [-0.05, 0) is 19.1 Å². The van der Waals surface area contributed by atoms with Gasteiger partial charge in [-0.25, -0.2) is 9.98 Å². The van der Waals surface area contributed by atoms with Crippen LogP contribution in [-0.2, 0) is 13.0 Å². The van der Waals surface area contributed by atoms with Crippen LogP contribution in [0.4, 0.5) is 0 Å². The van der Waals surface area contributed by atoms with Crippen molar-refractivity contribution >= 4 is 41.3 Å². The molecular weight excluding hydrogens is 457 g/mol. The van der Waals surface area contributed by atoms with Gasteiger partial charge < -0.3 is 11.1 Å². The van der Waals surface area contributed by atoms with Crippen molar-refractivity contribution in [3.63, 3.8) is 0 Å². The minimum atomic E-state index is 0. The Morgan fingerprint density at radius 3 is 2.65 bits per heavy atom. The van der Waals surface area contributed by atoms with E-state index in [0.29, 0.717) is 19.0 Å². The Hall–Kier alpha value is -2.00. The van der Waals surface area contributed by atoms with Crippen molar-refractivity contribution in [1.82, 2.24) is 15.3 Å². The van der Waals surface area contributed by atoms with Crippen molar-refractivity contribution in [3.8, 4) is 10.6 Å². The van der Waals surface area contributed by atoms with E-state index in [1.165, 1.54) is 0 Å². The monoisotopic (exact) mass is 479 g/mol. The number of pyridine rings is 1. The van der Waals surface area contributed by atoms with E-state index in [9.17, 15) is 0 Å². The standard InChI is InChI=1S/C19H21N5S.HI/c1-14-17(25-18(24-14)15-7-3-2-4-8-15)13-23-19(20)22-12-10-16-9-5-6-11-21-16;/h2-9,11H,10,12-13H2,1H3,(H3,20,22,23);1H. The summed E-state index contributed by atoms with van der Waals surface area (Å²) in [6, 6.07) is 16.1. The van der Waals surface area contributed by atoms with Gasteiger partial charge in [-0.15, -0.1) is 35.3 Å². The summed E-state index contributed by atoms with van der Waals surface area (Å²) in [4.78, 5) is 14.5. The highest BCUT2D eigenvalue weighted by Gasteiger charge is 2.08. The van der Waals surface area contributed by atoms with E-state index in [1.807, 2.05) is 43.3 Å². The molecule has 1 aromatic carbocycles. The first-order chi connectivity index (χ1) is 12.2. The number of halogens is 1. The van der Waals surface area contributed by atoms with Crippen LogP contribution in [0.3, 0.4) is 0 Å². The molecule has 0 aliphatic rings. The Morgan fingerprint density at radius 1 is 1.15 bits per heavy atom. The largest absolute Gasteiger partial charge is 0.370 e. The maximum absolute atomic E-state index is 5.96. The van der Waals surface area contributed by atoms with E-state index in [4.69, 9.17) is 5.73 Å². The molecule has 7 heteroatoms. The maximum atomic E-state index is 5.96. The highest BCUT2D eigenvalue weighted by atomic mass is 127. The first-order valence-corrected chi connectivity index (χ1v) is 8.99. The van der Waals surface area contributed by atoms with Crippen molar-refractivity contribution in [2.75, 3.05) is 6.54 Å². The molecule has 0 aliphatic carbocycles. The SMILES string of the molecule is Cc1nc(-c2ccccc2)sc1CN=C(N)NCCc1ccccn1.I. The van der Waals surface area contributed by atoms with Crippen LogP contribution in [0.15, 0.2) is 59.7 Å². The van der Waals surface area contributed by atoms with Gasteiger partial charge in [-0.2, -0.15) is 0 Å². The molecule has 2 aromatic heterocycles. The molecule has 0 atom stereocenters. The normalized spacial score (nSPS) is 11.0. The van der Waals surface area contributed by atoms with E-state index in [2.05, 4.69) is 32.4 Å². The molecule has 0 radical (unpaired) electrons. The van der Waals surface area contributed by atoms with Gasteiger partial charge in [0.25, 0.3) is 0 Å². The summed E-state index contributed by atoms with van der Waals surface area (Å²) in [6.45, 7) is 3.26. The van der Waals surface area contributed by atoms with Gasteiger partial charge in [0.1, 0.15) is 5.01 Å². The number of nitrogens with one attached hydrogen (secondary N) is 1. The lowest BCUT2D eigenvalue weighted by molar-refractivity contribution is 0.828. The number of benzene rings is 1. The lowest BCUT2D eigenvalue weighted by Crippen LogP contribution is -2.33. The number of hydrogen-bond acceptors (Lipinski definition) is 4. The van der Waals surface area contributed by atoms with Crippen molar-refractivity contribution < 1.29 is 0 Å². The molecule has 0 amide bonds. The average molecular weight is 479 g/mol. The maximum Gasteiger partial charge on any atom is 0.188 e. The lowest BCUT2D eigenvalue weighted by atomic mass is 10.2. The van der Waals surface area contributed by atoms with Gasteiger partial charge in [-0.1, -0.05) is 36.4 Å². The molecule has 5 nitrogen and oxygen atoms in total. The summed E-state index contributed by atoms with van der Waals surface area (Å²) >= 11 is 1.66. The minimum Gasteiger partial charge on any atom is -0.370 e. The van der Waals surface area contributed by atoms with Crippen molar-refractivity contribution in [2.24, 2.45) is 10.7 Å². The number of aromatic nitrogens is 2. The number of hydrogen-bond donors (Lipinski definition) is 2. The van der Waals surface area contributed by atoms with Gasteiger partial charge >= 0.3 is 0 Å². The van der Waals surface area contributed by atoms with Crippen LogP contribution in [0.25, 0.3) is 10.6 Å². The topological polar surface area (TPSA) is 76.2 Å². The molecule has 0 fully saturated rings. The van der Waals surface area contributed by atoms with Crippen LogP contribution >= 0.6 is 35.3 Å². The number of rotatable bonds is 6. The summed E-state index contributed by atoms with van der Waals surface area (Å²) in [6.07, 6.45) is 2.61. The fourth-order valence-corrected chi connectivity index (χ4v) is 3.35. The number of thiazole rings is 1. The van der Waals surface area contributed by atoms with Gasteiger partial charge in [0, 0.05) is 35.3 Å². The number of aliphatic imine (C=N–C) groups is 1. The molecule has 0 aliphatic heterocycles. The van der Waals surface area contributed by atoms with E-state index in [0.717, 1.165) is 33.3 Å². The van der Waals surface area contributed by atoms with E-state index < -0.39 is 0 Å². The molecule has 26 heavy (non-hydrogen) atoms. The van der Waals surface area contributed by atoms with Crippen LogP contribution in [0.2, 0.25) is 0 Å². The number of nitrogens with zero attached hydrogens (tertiary/aromatic N) is 3. The first kappa shape index (κ1) is 20.3. The zero-order valence-corrected chi connectivity index (χ0v) is 17.7. The van der Waals surface area contributed by atoms with Crippen LogP contribution in [0, 0.1) is 6.92 Å². The lowest BCUT2D eigenvalue weighted by Gasteiger charge is -2.05. The second-order valence-corrected chi connectivity index (χ2v) is 6.68. The molecule has 3 aromatic rings. The number of aryl methyl sites for hydroxylation is 1. The highest BCUT2D eigenvalue weighted by molar-refractivity contribution is 14.0.